The zero-order valence-corrected chi connectivity index (χ0v) is 22.2. The van der Waals surface area contributed by atoms with E-state index in [1.54, 1.807) is 19.1 Å². The summed E-state index contributed by atoms with van der Waals surface area (Å²) in [5, 5.41) is 21.5. The van der Waals surface area contributed by atoms with Crippen LogP contribution in [0.5, 0.6) is 11.5 Å². The van der Waals surface area contributed by atoms with Gasteiger partial charge in [0.25, 0.3) is 0 Å². The molecule has 0 bridgehead atoms. The van der Waals surface area contributed by atoms with Gasteiger partial charge in [-0.2, -0.15) is 5.01 Å². The van der Waals surface area contributed by atoms with E-state index < -0.39 is 17.6 Å². The predicted molar refractivity (Wildman–Crippen MR) is 150 cm³/mol. The molecule has 8 nitrogen and oxygen atoms in total. The lowest BCUT2D eigenvalue weighted by atomic mass is 9.91. The Morgan fingerprint density at radius 2 is 1.32 bits per heavy atom. The summed E-state index contributed by atoms with van der Waals surface area (Å²) in [5.41, 5.74) is 4.13. The fourth-order valence-corrected chi connectivity index (χ4v) is 4.29. The maximum absolute atomic E-state index is 13.7. The van der Waals surface area contributed by atoms with Crippen LogP contribution in [0.15, 0.2) is 109 Å². The molecule has 1 atom stereocenters. The minimum Gasteiger partial charge on any atom is -0.504 e. The lowest BCUT2D eigenvalue weighted by molar-refractivity contribution is -0.161. The normalized spacial score (nSPS) is 12.3. The molecule has 40 heavy (non-hydrogen) atoms. The Morgan fingerprint density at radius 3 is 1.90 bits per heavy atom. The number of phenols is 1. The summed E-state index contributed by atoms with van der Waals surface area (Å²) in [4.78, 5) is 25.6. The zero-order valence-electron chi connectivity index (χ0n) is 22.2. The number of carbonyl (C=O) groups is 2. The molecule has 0 aliphatic rings. The van der Waals surface area contributed by atoms with Gasteiger partial charge in [-0.05, 0) is 41.3 Å². The lowest BCUT2D eigenvalue weighted by Gasteiger charge is -2.38. The first-order chi connectivity index (χ1) is 19.3. The molecule has 0 fully saturated rings. The van der Waals surface area contributed by atoms with Crippen LogP contribution in [0.1, 0.15) is 29.2 Å². The quantitative estimate of drug-likeness (QED) is 0.156. The first-order valence-electron chi connectivity index (χ1n) is 12.8. The minimum absolute atomic E-state index is 0.0303. The Balaban J connectivity index is 1.63. The maximum atomic E-state index is 13.7. The predicted octanol–water partition coefficient (Wildman–Crippen LogP) is 5.70. The van der Waals surface area contributed by atoms with Gasteiger partial charge in [0.2, 0.25) is 0 Å². The largest absolute Gasteiger partial charge is 0.504 e. The number of hydrogen-bond donors (Lipinski definition) is 3. The average Bonchev–Trinajstić information content (AvgIpc) is 2.97. The van der Waals surface area contributed by atoms with E-state index in [1.807, 2.05) is 91.0 Å². The molecule has 0 spiro atoms. The Kier molecular flexibility index (Phi) is 9.38. The first-order valence-corrected chi connectivity index (χ1v) is 12.8. The number of nitrogens with one attached hydrogen (secondary N) is 1. The fourth-order valence-electron chi connectivity index (χ4n) is 4.29. The molecule has 1 unspecified atom stereocenters. The van der Waals surface area contributed by atoms with Gasteiger partial charge in [0.15, 0.2) is 11.5 Å². The molecule has 0 radical (unpaired) electrons. The van der Waals surface area contributed by atoms with Crippen LogP contribution in [0.2, 0.25) is 0 Å². The highest BCUT2D eigenvalue weighted by Gasteiger charge is 2.43. The second-order valence-electron chi connectivity index (χ2n) is 9.58. The molecule has 0 saturated heterocycles. The van der Waals surface area contributed by atoms with Crippen LogP contribution < -0.4 is 10.2 Å². The molecule has 0 aliphatic carbocycles. The number of amides is 1. The number of benzene rings is 4. The van der Waals surface area contributed by atoms with E-state index in [0.717, 1.165) is 16.7 Å². The van der Waals surface area contributed by atoms with E-state index in [1.165, 1.54) is 11.1 Å². The lowest BCUT2D eigenvalue weighted by Crippen LogP contribution is -2.60. The molecule has 3 N–H and O–H groups in total. The molecule has 4 rings (SSSR count). The minimum atomic E-state index is -1.46. The van der Waals surface area contributed by atoms with Crippen molar-refractivity contribution >= 4 is 12.1 Å². The van der Waals surface area contributed by atoms with Crippen LogP contribution in [0.4, 0.5) is 4.79 Å². The number of esters is 1. The van der Waals surface area contributed by atoms with Crippen LogP contribution in [0, 0.1) is 0 Å². The maximum Gasteiger partial charge on any atom is 0.419 e. The van der Waals surface area contributed by atoms with Gasteiger partial charge >= 0.3 is 12.1 Å². The molecule has 8 heteroatoms. The van der Waals surface area contributed by atoms with Gasteiger partial charge in [-0.25, -0.2) is 9.59 Å². The Hall–Kier alpha value is -4.82. The van der Waals surface area contributed by atoms with Crippen molar-refractivity contribution in [2.45, 2.75) is 38.6 Å². The van der Waals surface area contributed by atoms with E-state index in [2.05, 4.69) is 5.43 Å². The number of rotatable bonds is 12. The number of hydrogen-bond acceptors (Lipinski definition) is 6. The summed E-state index contributed by atoms with van der Waals surface area (Å²) in [6.07, 6.45) is -1.24. The van der Waals surface area contributed by atoms with E-state index in [9.17, 15) is 19.8 Å². The highest BCUT2D eigenvalue weighted by molar-refractivity contribution is 5.81. The van der Waals surface area contributed by atoms with E-state index >= 15 is 0 Å². The van der Waals surface area contributed by atoms with E-state index in [-0.39, 0.29) is 37.7 Å². The highest BCUT2D eigenvalue weighted by Crippen LogP contribution is 2.31. The van der Waals surface area contributed by atoms with Crippen LogP contribution >= 0.6 is 0 Å². The number of nitrogens with zero attached hydrogens (tertiary/aromatic N) is 1. The van der Waals surface area contributed by atoms with Gasteiger partial charge in [-0.15, -0.1) is 0 Å². The zero-order chi connectivity index (χ0) is 28.4. The number of carboxylic acid groups (broad SMARTS) is 1. The molecule has 0 saturated carbocycles. The van der Waals surface area contributed by atoms with Gasteiger partial charge in [-0.3, -0.25) is 5.43 Å². The molecule has 4 aromatic carbocycles. The molecule has 0 aliphatic heterocycles. The smallest absolute Gasteiger partial charge is 0.419 e. The Morgan fingerprint density at radius 1 is 0.775 bits per heavy atom. The van der Waals surface area contributed by atoms with Gasteiger partial charge in [0, 0.05) is 13.0 Å². The second-order valence-corrected chi connectivity index (χ2v) is 9.58. The molecular weight excluding hydrogens is 508 g/mol. The number of phenolic OH excluding ortho intramolecular Hbond substituents is 1. The van der Waals surface area contributed by atoms with Crippen LogP contribution in [-0.2, 0) is 35.7 Å². The fraction of sp³-hybridized carbons (Fsp3) is 0.188. The number of aromatic hydroxyl groups is 1. The third-order valence-corrected chi connectivity index (χ3v) is 6.47. The summed E-state index contributed by atoms with van der Waals surface area (Å²) in [6, 6.07) is 32.9. The standard InChI is InChI=1S/C32H32N2O6/c1-32(30(36)40-23-26-15-9-4-10-16-26,34(33-31(37)38)21-24-11-5-2-6-12-24)20-27-17-18-28(35)29(19-27)39-22-25-13-7-3-8-14-25/h2-19,33,35H,20-23H2,1H3,(H,37,38). The molecule has 0 aromatic heterocycles. The van der Waals surface area contributed by atoms with Crippen LogP contribution in [0.25, 0.3) is 0 Å². The summed E-state index contributed by atoms with van der Waals surface area (Å²) in [6.45, 7) is 2.02. The van der Waals surface area contributed by atoms with Crippen LogP contribution in [0.3, 0.4) is 0 Å². The monoisotopic (exact) mass is 540 g/mol. The van der Waals surface area contributed by atoms with E-state index in [0.29, 0.717) is 5.56 Å². The highest BCUT2D eigenvalue weighted by atomic mass is 16.5. The van der Waals surface area contributed by atoms with Crippen molar-refractivity contribution in [2.24, 2.45) is 0 Å². The third kappa shape index (κ3) is 7.61. The molecule has 1 amide bonds. The Bertz CT molecular complexity index is 1400. The summed E-state index contributed by atoms with van der Waals surface area (Å²) < 4.78 is 11.6. The Labute approximate surface area is 233 Å². The van der Waals surface area contributed by atoms with Gasteiger partial charge < -0.3 is 19.7 Å². The summed E-state index contributed by atoms with van der Waals surface area (Å²) >= 11 is 0. The van der Waals surface area contributed by atoms with Crippen molar-refractivity contribution in [1.29, 1.82) is 0 Å². The van der Waals surface area contributed by atoms with Gasteiger partial charge in [0.05, 0.1) is 0 Å². The summed E-state index contributed by atoms with van der Waals surface area (Å²) in [5.74, 6) is -0.402. The van der Waals surface area contributed by atoms with Crippen molar-refractivity contribution in [3.05, 3.63) is 131 Å². The SMILES string of the molecule is CC(Cc1ccc(O)c(OCc2ccccc2)c1)(C(=O)OCc1ccccc1)N(Cc1ccccc1)NC(=O)O. The third-order valence-electron chi connectivity index (χ3n) is 6.47. The number of hydrazine groups is 1. The topological polar surface area (TPSA) is 108 Å². The van der Waals surface area contributed by atoms with Crippen molar-refractivity contribution in [1.82, 2.24) is 10.4 Å². The van der Waals surface area contributed by atoms with Crippen LogP contribution in [-0.4, -0.2) is 32.8 Å². The molecular formula is C32H32N2O6. The molecule has 206 valence electrons. The van der Waals surface area contributed by atoms with Gasteiger partial charge in [-0.1, -0.05) is 97.1 Å². The average molecular weight is 541 g/mol. The van der Waals surface area contributed by atoms with Gasteiger partial charge in [0.1, 0.15) is 18.8 Å². The molecule has 0 heterocycles. The van der Waals surface area contributed by atoms with Crippen molar-refractivity contribution < 1.29 is 29.3 Å². The van der Waals surface area contributed by atoms with Crippen molar-refractivity contribution in [2.75, 3.05) is 0 Å². The van der Waals surface area contributed by atoms with E-state index in [4.69, 9.17) is 9.47 Å². The number of carbonyl (C=O) groups excluding carboxylic acids is 1. The summed E-state index contributed by atoms with van der Waals surface area (Å²) in [7, 11) is 0. The van der Waals surface area contributed by atoms with Crippen molar-refractivity contribution in [3.8, 4) is 11.5 Å². The second kappa shape index (κ2) is 13.3. The first kappa shape index (κ1) is 28.2. The number of ether oxygens (including phenoxy) is 2. The molecule has 4 aromatic rings. The van der Waals surface area contributed by atoms with Crippen molar-refractivity contribution in [3.63, 3.8) is 0 Å².